The molecule has 1 unspecified atom stereocenters. The van der Waals surface area contributed by atoms with Crippen LogP contribution >= 0.6 is 11.6 Å². The maximum Gasteiger partial charge on any atom is 0.134 e. The Bertz CT molecular complexity index is 972. The highest BCUT2D eigenvalue weighted by Gasteiger charge is 2.43. The topological polar surface area (TPSA) is 55.1 Å². The van der Waals surface area contributed by atoms with E-state index in [0.29, 0.717) is 23.8 Å². The average molecular weight is 411 g/mol. The molecule has 1 fully saturated rings. The van der Waals surface area contributed by atoms with E-state index in [0.717, 1.165) is 54.6 Å². The van der Waals surface area contributed by atoms with Crippen molar-refractivity contribution in [2.24, 2.45) is 5.41 Å². The van der Waals surface area contributed by atoms with Crippen LogP contribution in [0.5, 0.6) is 0 Å². The van der Waals surface area contributed by atoms with Crippen molar-refractivity contribution in [3.8, 4) is 17.2 Å². The number of nitriles is 1. The van der Waals surface area contributed by atoms with Crippen LogP contribution in [0.3, 0.4) is 0 Å². The number of nitrogens with zero attached hydrogens (tertiary/aromatic N) is 2. The minimum atomic E-state index is -0.658. The lowest BCUT2D eigenvalue weighted by Gasteiger charge is -2.35. The predicted molar refractivity (Wildman–Crippen MR) is 114 cm³/mol. The molecule has 1 aliphatic heterocycles. The summed E-state index contributed by atoms with van der Waals surface area (Å²) < 4.78 is 11.7. The lowest BCUT2D eigenvalue weighted by Crippen LogP contribution is -2.34. The first kappa shape index (κ1) is 20.3. The Morgan fingerprint density at radius 1 is 1.31 bits per heavy atom. The van der Waals surface area contributed by atoms with Crippen molar-refractivity contribution in [3.05, 3.63) is 51.8 Å². The molecule has 1 aliphatic carbocycles. The van der Waals surface area contributed by atoms with Crippen molar-refractivity contribution in [2.45, 2.75) is 51.6 Å². The highest BCUT2D eigenvalue weighted by atomic mass is 35.5. The summed E-state index contributed by atoms with van der Waals surface area (Å²) in [5.41, 5.74) is 5.04. The third-order valence-corrected chi connectivity index (χ3v) is 6.45. The van der Waals surface area contributed by atoms with Gasteiger partial charge in [0.2, 0.25) is 0 Å². The summed E-state index contributed by atoms with van der Waals surface area (Å²) >= 11 is 6.33. The van der Waals surface area contributed by atoms with Gasteiger partial charge >= 0.3 is 0 Å². The Labute approximate surface area is 177 Å². The van der Waals surface area contributed by atoms with E-state index in [2.05, 4.69) is 19.9 Å². The van der Waals surface area contributed by atoms with E-state index in [-0.39, 0.29) is 5.41 Å². The second-order valence-corrected chi connectivity index (χ2v) is 9.41. The molecular formula is C24H27ClN2O2. The van der Waals surface area contributed by atoms with Crippen LogP contribution in [0, 0.1) is 16.7 Å². The number of aromatic nitrogens is 1. The molecule has 2 heterocycles. The molecule has 0 radical (unpaired) electrons. The van der Waals surface area contributed by atoms with Gasteiger partial charge in [0, 0.05) is 30.0 Å². The molecule has 4 nitrogen and oxygen atoms in total. The van der Waals surface area contributed by atoms with Gasteiger partial charge in [0.25, 0.3) is 0 Å². The van der Waals surface area contributed by atoms with Gasteiger partial charge in [0.1, 0.15) is 11.7 Å². The van der Waals surface area contributed by atoms with Crippen LogP contribution in [-0.2, 0) is 27.9 Å². The van der Waals surface area contributed by atoms with E-state index in [1.54, 1.807) is 7.11 Å². The summed E-state index contributed by atoms with van der Waals surface area (Å²) in [4.78, 5) is 5.07. The molecule has 0 spiro atoms. The highest BCUT2D eigenvalue weighted by molar-refractivity contribution is 6.30. The number of hydrogen-bond acceptors (Lipinski definition) is 4. The van der Waals surface area contributed by atoms with Gasteiger partial charge in [-0.15, -0.1) is 0 Å². The van der Waals surface area contributed by atoms with E-state index >= 15 is 0 Å². The van der Waals surface area contributed by atoms with Gasteiger partial charge in [-0.1, -0.05) is 37.6 Å². The van der Waals surface area contributed by atoms with Crippen LogP contribution in [0.4, 0.5) is 0 Å². The van der Waals surface area contributed by atoms with Gasteiger partial charge in [0.05, 0.1) is 17.9 Å². The lowest BCUT2D eigenvalue weighted by atomic mass is 9.72. The highest BCUT2D eigenvalue weighted by Crippen LogP contribution is 2.45. The molecule has 1 aromatic carbocycles. The molecule has 2 aromatic rings. The summed E-state index contributed by atoms with van der Waals surface area (Å²) in [5.74, 6) is 0. The summed E-state index contributed by atoms with van der Waals surface area (Å²) in [6.45, 7) is 5.62. The quantitative estimate of drug-likeness (QED) is 0.673. The molecule has 2 aliphatic rings. The molecular weight excluding hydrogens is 384 g/mol. The summed E-state index contributed by atoms with van der Waals surface area (Å²) in [6.07, 6.45) is 4.61. The number of hydrogen-bond donors (Lipinski definition) is 0. The van der Waals surface area contributed by atoms with Crippen LogP contribution in [0.15, 0.2) is 24.3 Å². The van der Waals surface area contributed by atoms with E-state index in [1.165, 1.54) is 5.56 Å². The monoisotopic (exact) mass is 410 g/mol. The second-order valence-electron chi connectivity index (χ2n) is 8.98. The van der Waals surface area contributed by atoms with Crippen LogP contribution in [0.2, 0.25) is 5.02 Å². The third kappa shape index (κ3) is 3.68. The second kappa shape index (κ2) is 7.72. The minimum absolute atomic E-state index is 0.171. The molecule has 1 aromatic heterocycles. The van der Waals surface area contributed by atoms with E-state index in [1.807, 2.05) is 24.3 Å². The molecule has 5 heteroatoms. The number of methoxy groups -OCH3 is 1. The number of aryl methyl sites for hydroxylation is 1. The van der Waals surface area contributed by atoms with Crippen LogP contribution in [0.25, 0.3) is 11.1 Å². The maximum absolute atomic E-state index is 10.3. The number of ether oxygens (including phenoxy) is 2. The average Bonchev–Trinajstić information content (AvgIpc) is 3.15. The Balaban J connectivity index is 2.03. The first-order valence-electron chi connectivity index (χ1n) is 10.2. The van der Waals surface area contributed by atoms with Gasteiger partial charge in [-0.05, 0) is 60.8 Å². The zero-order valence-electron chi connectivity index (χ0n) is 17.3. The SMILES string of the molecule is COCC1(c2nc3c(c(-c4cccc(Cl)c4)c2C#N)CC(C)(C)CC3)CCCO1. The van der Waals surface area contributed by atoms with Crippen molar-refractivity contribution in [3.63, 3.8) is 0 Å². The van der Waals surface area contributed by atoms with Gasteiger partial charge in [-0.25, -0.2) is 0 Å². The Kier molecular flexibility index (Phi) is 5.42. The molecule has 0 amide bonds. The molecule has 0 bridgehead atoms. The number of benzene rings is 1. The summed E-state index contributed by atoms with van der Waals surface area (Å²) in [6, 6.07) is 10.3. The Morgan fingerprint density at radius 3 is 2.79 bits per heavy atom. The number of halogens is 1. The van der Waals surface area contributed by atoms with E-state index in [4.69, 9.17) is 26.1 Å². The molecule has 1 saturated heterocycles. The van der Waals surface area contributed by atoms with Crippen molar-refractivity contribution in [2.75, 3.05) is 20.3 Å². The van der Waals surface area contributed by atoms with Gasteiger partial charge in [0.15, 0.2) is 0 Å². The first-order chi connectivity index (χ1) is 13.9. The molecule has 0 saturated carbocycles. The summed E-state index contributed by atoms with van der Waals surface area (Å²) in [7, 11) is 1.67. The van der Waals surface area contributed by atoms with Gasteiger partial charge in [-0.2, -0.15) is 5.26 Å². The normalized spacial score (nSPS) is 22.9. The molecule has 4 rings (SSSR count). The van der Waals surface area contributed by atoms with Gasteiger partial charge in [-0.3, -0.25) is 4.98 Å². The standard InChI is InChI=1S/C24H27ClN2O2/c1-23(2)10-8-20-18(13-23)21(16-6-4-7-17(25)12-16)19(14-26)22(27-20)24(15-28-3)9-5-11-29-24/h4,6-7,12H,5,8-11,13,15H2,1-3H3. The lowest BCUT2D eigenvalue weighted by molar-refractivity contribution is -0.0592. The van der Waals surface area contributed by atoms with Crippen LogP contribution in [0.1, 0.15) is 55.6 Å². The minimum Gasteiger partial charge on any atom is -0.381 e. The number of fused-ring (bicyclic) bond motifs is 1. The van der Waals surface area contributed by atoms with E-state index in [9.17, 15) is 5.26 Å². The van der Waals surface area contributed by atoms with Crippen molar-refractivity contribution >= 4 is 11.6 Å². The zero-order valence-corrected chi connectivity index (χ0v) is 18.1. The largest absolute Gasteiger partial charge is 0.381 e. The van der Waals surface area contributed by atoms with Gasteiger partial charge < -0.3 is 9.47 Å². The van der Waals surface area contributed by atoms with Crippen LogP contribution in [-0.4, -0.2) is 25.3 Å². The zero-order chi connectivity index (χ0) is 20.6. The molecule has 29 heavy (non-hydrogen) atoms. The predicted octanol–water partition coefficient (Wildman–Crippen LogP) is 5.44. The molecule has 0 N–H and O–H groups in total. The summed E-state index contributed by atoms with van der Waals surface area (Å²) in [5, 5.41) is 10.9. The molecule has 1 atom stereocenters. The smallest absolute Gasteiger partial charge is 0.134 e. The molecule has 152 valence electrons. The van der Waals surface area contributed by atoms with Crippen molar-refractivity contribution in [1.82, 2.24) is 4.98 Å². The Morgan fingerprint density at radius 2 is 2.14 bits per heavy atom. The van der Waals surface area contributed by atoms with Crippen molar-refractivity contribution < 1.29 is 9.47 Å². The number of rotatable bonds is 4. The van der Waals surface area contributed by atoms with E-state index < -0.39 is 5.60 Å². The number of pyridine rings is 1. The fraction of sp³-hybridized carbons (Fsp3) is 0.500. The Hall–Kier alpha value is -1.93. The first-order valence-corrected chi connectivity index (χ1v) is 10.6. The fourth-order valence-corrected chi connectivity index (χ4v) is 4.98. The van der Waals surface area contributed by atoms with Crippen molar-refractivity contribution in [1.29, 1.82) is 5.26 Å². The fourth-order valence-electron chi connectivity index (χ4n) is 4.79. The maximum atomic E-state index is 10.3. The van der Waals surface area contributed by atoms with Crippen LogP contribution < -0.4 is 0 Å². The third-order valence-electron chi connectivity index (χ3n) is 6.22.